The summed E-state index contributed by atoms with van der Waals surface area (Å²) in [5.41, 5.74) is 6.93. The molecule has 3 N–H and O–H groups in total. The Morgan fingerprint density at radius 3 is 2.29 bits per heavy atom. The van der Waals surface area contributed by atoms with E-state index in [9.17, 15) is 4.79 Å². The molecule has 1 rings (SSSR count). The molecule has 0 radical (unpaired) electrons. The van der Waals surface area contributed by atoms with Gasteiger partial charge < -0.3 is 11.1 Å². The first kappa shape index (κ1) is 17.7. The van der Waals surface area contributed by atoms with Crippen molar-refractivity contribution in [3.8, 4) is 0 Å². The maximum absolute atomic E-state index is 12.0. The lowest BCUT2D eigenvalue weighted by atomic mass is 9.83. The average Bonchev–Trinajstić information content (AvgIpc) is 2.44. The van der Waals surface area contributed by atoms with Gasteiger partial charge in [-0.15, -0.1) is 0 Å². The summed E-state index contributed by atoms with van der Waals surface area (Å²) in [6, 6.07) is 10.3. The van der Waals surface area contributed by atoms with Crippen LogP contribution in [-0.2, 0) is 10.2 Å². The van der Waals surface area contributed by atoms with E-state index in [4.69, 9.17) is 5.73 Å². The lowest BCUT2D eigenvalue weighted by molar-refractivity contribution is -0.121. The van der Waals surface area contributed by atoms with E-state index in [1.165, 1.54) is 5.56 Å². The highest BCUT2D eigenvalue weighted by molar-refractivity contribution is 5.76. The Kier molecular flexibility index (Phi) is 6.41. The smallest absolute Gasteiger partial charge is 0.220 e. The normalized spacial score (nSPS) is 12.2. The van der Waals surface area contributed by atoms with Crippen molar-refractivity contribution in [2.45, 2.75) is 52.4 Å². The molecule has 0 aliphatic heterocycles. The summed E-state index contributed by atoms with van der Waals surface area (Å²) in [6.45, 7) is 9.98. The SMILES string of the molecule is CC(C)(CCN)CCC(=O)NCC(C)(C)c1ccccc1. The molecule has 0 unspecified atom stereocenters. The molecule has 0 fully saturated rings. The minimum absolute atomic E-state index is 0.0519. The summed E-state index contributed by atoms with van der Waals surface area (Å²) >= 11 is 0. The fourth-order valence-corrected chi connectivity index (χ4v) is 2.37. The summed E-state index contributed by atoms with van der Waals surface area (Å²) in [6.07, 6.45) is 2.40. The summed E-state index contributed by atoms with van der Waals surface area (Å²) < 4.78 is 0. The molecule has 0 aromatic heterocycles. The zero-order valence-electron chi connectivity index (χ0n) is 13.9. The van der Waals surface area contributed by atoms with Crippen molar-refractivity contribution in [3.05, 3.63) is 35.9 Å². The highest BCUT2D eigenvalue weighted by Gasteiger charge is 2.22. The maximum atomic E-state index is 12.0. The molecule has 0 aliphatic rings. The maximum Gasteiger partial charge on any atom is 0.220 e. The van der Waals surface area contributed by atoms with Gasteiger partial charge in [-0.05, 0) is 30.4 Å². The monoisotopic (exact) mass is 290 g/mol. The van der Waals surface area contributed by atoms with Crippen LogP contribution in [0.5, 0.6) is 0 Å². The fraction of sp³-hybridized carbons (Fsp3) is 0.611. The van der Waals surface area contributed by atoms with E-state index in [0.717, 1.165) is 12.8 Å². The van der Waals surface area contributed by atoms with Gasteiger partial charge in [0.15, 0.2) is 0 Å². The van der Waals surface area contributed by atoms with E-state index >= 15 is 0 Å². The van der Waals surface area contributed by atoms with Crippen molar-refractivity contribution in [2.75, 3.05) is 13.1 Å². The van der Waals surface area contributed by atoms with Crippen LogP contribution >= 0.6 is 0 Å². The first-order valence-corrected chi connectivity index (χ1v) is 7.79. The average molecular weight is 290 g/mol. The van der Waals surface area contributed by atoms with Crippen molar-refractivity contribution < 1.29 is 4.79 Å². The van der Waals surface area contributed by atoms with Gasteiger partial charge in [0.25, 0.3) is 0 Å². The first-order valence-electron chi connectivity index (χ1n) is 7.79. The molecule has 0 heterocycles. The zero-order chi connectivity index (χ0) is 15.9. The Morgan fingerprint density at radius 1 is 1.10 bits per heavy atom. The standard InChI is InChI=1S/C18H30N2O/c1-17(2,12-13-19)11-10-16(21)20-14-18(3,4)15-8-6-5-7-9-15/h5-9H,10-14,19H2,1-4H3,(H,20,21). The van der Waals surface area contributed by atoms with E-state index in [2.05, 4.69) is 45.1 Å². The number of amides is 1. The number of nitrogens with one attached hydrogen (secondary N) is 1. The third-order valence-electron chi connectivity index (χ3n) is 4.13. The van der Waals surface area contributed by atoms with Gasteiger partial charge >= 0.3 is 0 Å². The van der Waals surface area contributed by atoms with Gasteiger partial charge in [0, 0.05) is 18.4 Å². The van der Waals surface area contributed by atoms with Crippen molar-refractivity contribution >= 4 is 5.91 Å². The van der Waals surface area contributed by atoms with Gasteiger partial charge in [-0.1, -0.05) is 58.0 Å². The Morgan fingerprint density at radius 2 is 1.71 bits per heavy atom. The van der Waals surface area contributed by atoms with Crippen LogP contribution in [0.3, 0.4) is 0 Å². The van der Waals surface area contributed by atoms with Crippen LogP contribution in [0.2, 0.25) is 0 Å². The summed E-state index contributed by atoms with van der Waals surface area (Å²) in [7, 11) is 0. The van der Waals surface area contributed by atoms with Crippen LogP contribution < -0.4 is 11.1 Å². The molecule has 1 amide bonds. The second-order valence-corrected chi connectivity index (χ2v) is 7.23. The Balaban J connectivity index is 2.43. The van der Waals surface area contributed by atoms with Crippen LogP contribution in [-0.4, -0.2) is 19.0 Å². The van der Waals surface area contributed by atoms with E-state index in [1.807, 2.05) is 18.2 Å². The van der Waals surface area contributed by atoms with Gasteiger partial charge in [0.1, 0.15) is 0 Å². The Hall–Kier alpha value is -1.35. The quantitative estimate of drug-likeness (QED) is 0.772. The molecule has 0 atom stereocenters. The van der Waals surface area contributed by atoms with Crippen molar-refractivity contribution in [1.29, 1.82) is 0 Å². The lowest BCUT2D eigenvalue weighted by Gasteiger charge is -2.27. The minimum atomic E-state index is -0.0519. The molecule has 1 aromatic carbocycles. The third-order valence-corrected chi connectivity index (χ3v) is 4.13. The molecule has 21 heavy (non-hydrogen) atoms. The van der Waals surface area contributed by atoms with Crippen molar-refractivity contribution in [3.63, 3.8) is 0 Å². The molecule has 0 saturated heterocycles. The molecular formula is C18H30N2O. The van der Waals surface area contributed by atoms with Crippen LogP contribution in [0.1, 0.15) is 52.5 Å². The first-order chi connectivity index (χ1) is 9.77. The molecule has 0 bridgehead atoms. The van der Waals surface area contributed by atoms with Crippen LogP contribution in [0.15, 0.2) is 30.3 Å². The van der Waals surface area contributed by atoms with Gasteiger partial charge in [-0.25, -0.2) is 0 Å². The molecule has 118 valence electrons. The summed E-state index contributed by atoms with van der Waals surface area (Å²) in [5, 5.41) is 3.07. The number of carbonyl (C=O) groups excluding carboxylic acids is 1. The van der Waals surface area contributed by atoms with Crippen LogP contribution in [0, 0.1) is 5.41 Å². The number of rotatable bonds is 8. The summed E-state index contributed by atoms with van der Waals surface area (Å²) in [5.74, 6) is 0.129. The molecule has 0 aliphatic carbocycles. The molecule has 0 spiro atoms. The molecule has 0 saturated carbocycles. The fourth-order valence-electron chi connectivity index (χ4n) is 2.37. The van der Waals surface area contributed by atoms with Gasteiger partial charge in [0.05, 0.1) is 0 Å². The highest BCUT2D eigenvalue weighted by Crippen LogP contribution is 2.26. The van der Waals surface area contributed by atoms with E-state index in [0.29, 0.717) is 19.5 Å². The van der Waals surface area contributed by atoms with E-state index in [-0.39, 0.29) is 16.7 Å². The van der Waals surface area contributed by atoms with Crippen molar-refractivity contribution in [2.24, 2.45) is 11.1 Å². The third kappa shape index (κ3) is 6.30. The van der Waals surface area contributed by atoms with Crippen LogP contribution in [0.4, 0.5) is 0 Å². The molecule has 3 nitrogen and oxygen atoms in total. The Bertz CT molecular complexity index is 438. The number of hydrogen-bond acceptors (Lipinski definition) is 2. The second kappa shape index (κ2) is 7.60. The van der Waals surface area contributed by atoms with Crippen molar-refractivity contribution in [1.82, 2.24) is 5.32 Å². The zero-order valence-corrected chi connectivity index (χ0v) is 13.9. The number of nitrogens with two attached hydrogens (primary N) is 1. The van der Waals surface area contributed by atoms with Gasteiger partial charge in [-0.3, -0.25) is 4.79 Å². The predicted octanol–water partition coefficient (Wildman–Crippen LogP) is 3.24. The van der Waals surface area contributed by atoms with E-state index in [1.54, 1.807) is 0 Å². The minimum Gasteiger partial charge on any atom is -0.355 e. The summed E-state index contributed by atoms with van der Waals surface area (Å²) in [4.78, 5) is 12.0. The molecular weight excluding hydrogens is 260 g/mol. The topological polar surface area (TPSA) is 55.1 Å². The second-order valence-electron chi connectivity index (χ2n) is 7.23. The van der Waals surface area contributed by atoms with Gasteiger partial charge in [-0.2, -0.15) is 0 Å². The number of hydrogen-bond donors (Lipinski definition) is 2. The molecule has 1 aromatic rings. The largest absolute Gasteiger partial charge is 0.355 e. The lowest BCUT2D eigenvalue weighted by Crippen LogP contribution is -2.37. The van der Waals surface area contributed by atoms with E-state index < -0.39 is 0 Å². The van der Waals surface area contributed by atoms with Crippen LogP contribution in [0.25, 0.3) is 0 Å². The molecule has 3 heteroatoms. The Labute approximate surface area is 129 Å². The number of carbonyl (C=O) groups is 1. The predicted molar refractivity (Wildman–Crippen MR) is 89.2 cm³/mol. The highest BCUT2D eigenvalue weighted by atomic mass is 16.1. The van der Waals surface area contributed by atoms with Gasteiger partial charge in [0.2, 0.25) is 5.91 Å². The number of benzene rings is 1.